The lowest BCUT2D eigenvalue weighted by Crippen LogP contribution is -2.52. The zero-order chi connectivity index (χ0) is 15.6. The molecule has 1 aromatic rings. The lowest BCUT2D eigenvalue weighted by Gasteiger charge is -2.35. The van der Waals surface area contributed by atoms with E-state index in [0.717, 1.165) is 10.4 Å². The van der Waals surface area contributed by atoms with Gasteiger partial charge < -0.3 is 14.9 Å². The molecule has 1 fully saturated rings. The Labute approximate surface area is 129 Å². The fourth-order valence-electron chi connectivity index (χ4n) is 2.49. The van der Waals surface area contributed by atoms with E-state index in [-0.39, 0.29) is 11.8 Å². The van der Waals surface area contributed by atoms with Crippen LogP contribution in [0.1, 0.15) is 41.9 Å². The Kier molecular flexibility index (Phi) is 5.00. The first-order chi connectivity index (χ1) is 9.91. The molecule has 1 aromatic heterocycles. The number of carbonyl (C=O) groups is 2. The van der Waals surface area contributed by atoms with Gasteiger partial charge in [0.25, 0.3) is 11.8 Å². The van der Waals surface area contributed by atoms with Gasteiger partial charge in [0, 0.05) is 26.2 Å². The second-order valence-corrected chi connectivity index (χ2v) is 6.57. The molecule has 0 saturated carbocycles. The van der Waals surface area contributed by atoms with Crippen molar-refractivity contribution in [3.63, 3.8) is 0 Å². The van der Waals surface area contributed by atoms with Crippen molar-refractivity contribution in [2.75, 3.05) is 26.2 Å². The molecule has 1 N–H and O–H groups in total. The van der Waals surface area contributed by atoms with Crippen LogP contribution in [0.15, 0.2) is 11.4 Å². The second-order valence-electron chi connectivity index (χ2n) is 5.65. The zero-order valence-electron chi connectivity index (χ0n) is 12.7. The van der Waals surface area contributed by atoms with E-state index in [1.54, 1.807) is 9.80 Å². The minimum atomic E-state index is -0.975. The number of carbonyl (C=O) groups excluding carboxylic acids is 2. The van der Waals surface area contributed by atoms with Crippen molar-refractivity contribution in [1.29, 1.82) is 0 Å². The van der Waals surface area contributed by atoms with Gasteiger partial charge in [-0.2, -0.15) is 0 Å². The average molecular weight is 310 g/mol. The van der Waals surface area contributed by atoms with E-state index in [4.69, 9.17) is 0 Å². The average Bonchev–Trinajstić information content (AvgIpc) is 2.95. The van der Waals surface area contributed by atoms with Gasteiger partial charge >= 0.3 is 0 Å². The van der Waals surface area contributed by atoms with Crippen molar-refractivity contribution in [1.82, 2.24) is 9.80 Å². The van der Waals surface area contributed by atoms with Gasteiger partial charge in [0.15, 0.2) is 0 Å². The van der Waals surface area contributed by atoms with Crippen molar-refractivity contribution in [3.05, 3.63) is 21.9 Å². The van der Waals surface area contributed by atoms with E-state index in [9.17, 15) is 14.7 Å². The van der Waals surface area contributed by atoms with E-state index >= 15 is 0 Å². The molecule has 1 saturated heterocycles. The number of hydrogen-bond acceptors (Lipinski definition) is 4. The molecule has 1 aliphatic rings. The van der Waals surface area contributed by atoms with Crippen LogP contribution in [0.5, 0.6) is 0 Å². The molecule has 1 atom stereocenters. The molecule has 0 bridgehead atoms. The summed E-state index contributed by atoms with van der Waals surface area (Å²) >= 11 is 1.48. The molecule has 2 rings (SSSR count). The number of aliphatic hydroxyl groups is 1. The maximum Gasteiger partial charge on any atom is 0.264 e. The van der Waals surface area contributed by atoms with Crippen LogP contribution in [0.3, 0.4) is 0 Å². The molecule has 1 unspecified atom stereocenters. The minimum absolute atomic E-state index is 0.0536. The Hall–Kier alpha value is -1.40. The van der Waals surface area contributed by atoms with Crippen LogP contribution < -0.4 is 0 Å². The van der Waals surface area contributed by atoms with Crippen LogP contribution in [-0.4, -0.2) is 59.0 Å². The third-order valence-electron chi connectivity index (χ3n) is 3.75. The first kappa shape index (κ1) is 16.0. The number of aliphatic hydroxyl groups excluding tert-OH is 1. The maximum absolute atomic E-state index is 12.6. The number of hydrogen-bond donors (Lipinski definition) is 1. The van der Waals surface area contributed by atoms with Gasteiger partial charge in [-0.05, 0) is 29.9 Å². The highest BCUT2D eigenvalue weighted by atomic mass is 32.1. The predicted molar refractivity (Wildman–Crippen MR) is 82.6 cm³/mol. The van der Waals surface area contributed by atoms with Gasteiger partial charge in [-0.25, -0.2) is 0 Å². The highest BCUT2D eigenvalue weighted by Gasteiger charge is 2.28. The Morgan fingerprint density at radius 3 is 2.24 bits per heavy atom. The molecular formula is C15H22N2O3S. The largest absolute Gasteiger partial charge is 0.384 e. The van der Waals surface area contributed by atoms with Crippen molar-refractivity contribution in [3.8, 4) is 0 Å². The molecule has 21 heavy (non-hydrogen) atoms. The van der Waals surface area contributed by atoms with E-state index in [1.807, 2.05) is 11.4 Å². The van der Waals surface area contributed by atoms with Crippen LogP contribution in [0, 0.1) is 0 Å². The summed E-state index contributed by atoms with van der Waals surface area (Å²) < 4.78 is 0. The van der Waals surface area contributed by atoms with Gasteiger partial charge in [0.05, 0.1) is 4.88 Å². The first-order valence-electron chi connectivity index (χ1n) is 7.25. The second kappa shape index (κ2) is 6.58. The monoisotopic (exact) mass is 310 g/mol. The normalized spacial score (nSPS) is 17.2. The summed E-state index contributed by atoms with van der Waals surface area (Å²) in [4.78, 5) is 28.5. The standard InChI is InChI=1S/C15H22N2O3S/c1-10(2)12-4-9-21-13(12)15(20)17-7-5-16(6-8-17)14(19)11(3)18/h4,9-11,18H,5-8H2,1-3H3. The first-order valence-corrected chi connectivity index (χ1v) is 8.13. The predicted octanol–water partition coefficient (Wildman–Crippen LogP) is 1.54. The quantitative estimate of drug-likeness (QED) is 0.921. The van der Waals surface area contributed by atoms with Gasteiger partial charge in [0.1, 0.15) is 6.10 Å². The highest BCUT2D eigenvalue weighted by molar-refractivity contribution is 7.12. The van der Waals surface area contributed by atoms with Crippen molar-refractivity contribution < 1.29 is 14.7 Å². The van der Waals surface area contributed by atoms with E-state index in [2.05, 4.69) is 13.8 Å². The van der Waals surface area contributed by atoms with Crippen molar-refractivity contribution in [2.45, 2.75) is 32.8 Å². The van der Waals surface area contributed by atoms with E-state index < -0.39 is 6.10 Å². The molecule has 0 spiro atoms. The molecule has 1 aliphatic heterocycles. The van der Waals surface area contributed by atoms with Crippen LogP contribution >= 0.6 is 11.3 Å². The lowest BCUT2D eigenvalue weighted by molar-refractivity contribution is -0.140. The maximum atomic E-state index is 12.6. The molecule has 0 aromatic carbocycles. The van der Waals surface area contributed by atoms with E-state index in [1.165, 1.54) is 18.3 Å². The molecule has 2 heterocycles. The van der Waals surface area contributed by atoms with Crippen molar-refractivity contribution >= 4 is 23.2 Å². The van der Waals surface area contributed by atoms with Gasteiger partial charge in [0.2, 0.25) is 0 Å². The van der Waals surface area contributed by atoms with Crippen LogP contribution in [0.25, 0.3) is 0 Å². The lowest BCUT2D eigenvalue weighted by atomic mass is 10.0. The summed E-state index contributed by atoms with van der Waals surface area (Å²) in [6, 6.07) is 2.01. The van der Waals surface area contributed by atoms with Crippen LogP contribution in [-0.2, 0) is 4.79 Å². The summed E-state index contributed by atoms with van der Waals surface area (Å²) in [6.45, 7) is 7.64. The smallest absolute Gasteiger partial charge is 0.264 e. The summed E-state index contributed by atoms with van der Waals surface area (Å²) in [6.07, 6.45) is -0.975. The van der Waals surface area contributed by atoms with Gasteiger partial charge in [-0.1, -0.05) is 13.8 Å². The molecule has 5 nitrogen and oxygen atoms in total. The third kappa shape index (κ3) is 3.44. The minimum Gasteiger partial charge on any atom is -0.384 e. The number of rotatable bonds is 3. The molecule has 116 valence electrons. The van der Waals surface area contributed by atoms with E-state index in [0.29, 0.717) is 32.1 Å². The zero-order valence-corrected chi connectivity index (χ0v) is 13.5. The number of nitrogens with zero attached hydrogens (tertiary/aromatic N) is 2. The third-order valence-corrected chi connectivity index (χ3v) is 4.67. The fraction of sp³-hybridized carbons (Fsp3) is 0.600. The number of thiophene rings is 1. The van der Waals surface area contributed by atoms with Crippen molar-refractivity contribution in [2.24, 2.45) is 0 Å². The molecular weight excluding hydrogens is 288 g/mol. The summed E-state index contributed by atoms with van der Waals surface area (Å²) in [5.41, 5.74) is 1.09. The molecule has 0 aliphatic carbocycles. The van der Waals surface area contributed by atoms with Gasteiger partial charge in [-0.15, -0.1) is 11.3 Å². The van der Waals surface area contributed by atoms with Crippen LogP contribution in [0.4, 0.5) is 0 Å². The molecule has 2 amide bonds. The van der Waals surface area contributed by atoms with Gasteiger partial charge in [-0.3, -0.25) is 9.59 Å². The Morgan fingerprint density at radius 2 is 1.71 bits per heavy atom. The molecule has 6 heteroatoms. The topological polar surface area (TPSA) is 60.9 Å². The Balaban J connectivity index is 2.00. The summed E-state index contributed by atoms with van der Waals surface area (Å²) in [5.74, 6) is 0.118. The summed E-state index contributed by atoms with van der Waals surface area (Å²) in [7, 11) is 0. The highest BCUT2D eigenvalue weighted by Crippen LogP contribution is 2.26. The van der Waals surface area contributed by atoms with Crippen LogP contribution in [0.2, 0.25) is 0 Å². The number of amides is 2. The SMILES string of the molecule is CC(O)C(=O)N1CCN(C(=O)c2sccc2C(C)C)CC1. The fourth-order valence-corrected chi connectivity index (χ4v) is 3.51. The Bertz CT molecular complexity index is 517. The Morgan fingerprint density at radius 1 is 1.14 bits per heavy atom. The summed E-state index contributed by atoms with van der Waals surface area (Å²) in [5, 5.41) is 11.3. The number of piperazine rings is 1. The molecule has 0 radical (unpaired) electrons.